The van der Waals surface area contributed by atoms with Crippen molar-refractivity contribution < 1.29 is 25.6 Å². The summed E-state index contributed by atoms with van der Waals surface area (Å²) in [5.41, 5.74) is 4.36. The molecule has 3 N–H and O–H groups in total. The summed E-state index contributed by atoms with van der Waals surface area (Å²) < 4.78 is 10.9. The average Bonchev–Trinajstić information content (AvgIpc) is 3.58. The molecule has 2 aliphatic rings. The monoisotopic (exact) mass is 516 g/mol. The maximum Gasteiger partial charge on any atom is 0.251 e. The molecule has 0 saturated heterocycles. The number of anilines is 1. The summed E-state index contributed by atoms with van der Waals surface area (Å²) in [4.78, 5) is 26.1. The van der Waals surface area contributed by atoms with Crippen LogP contribution in [0.15, 0.2) is 60.7 Å². The lowest BCUT2D eigenvalue weighted by molar-refractivity contribution is -0.118. The molecular weight excluding hydrogens is 480 g/mol. The second kappa shape index (κ2) is 9.80. The van der Waals surface area contributed by atoms with Crippen LogP contribution >= 0.6 is 0 Å². The minimum Gasteiger partial charge on any atom is -0.454 e. The van der Waals surface area contributed by atoms with Gasteiger partial charge in [0.25, 0.3) is 5.91 Å². The second-order valence-electron chi connectivity index (χ2n) is 11.3. The van der Waals surface area contributed by atoms with Gasteiger partial charge >= 0.3 is 0 Å². The van der Waals surface area contributed by atoms with Gasteiger partial charge in [-0.1, -0.05) is 45.0 Å². The fourth-order valence-corrected chi connectivity index (χ4v) is 4.81. The van der Waals surface area contributed by atoms with E-state index in [1.807, 2.05) is 76.2 Å². The summed E-state index contributed by atoms with van der Waals surface area (Å²) >= 11 is 0. The van der Waals surface area contributed by atoms with Crippen LogP contribution in [0.4, 0.5) is 5.69 Å². The SMILES string of the molecule is Cc1ccc(NC(=O)C2(c3ccc4c(c3)OCO4)CC2)cc1-c1ccc(C(=O)N[C@H](CO)C(C)(C)C)cc1.[HH]. The number of aryl methyl sites for hydroxylation is 1. The number of hydrogen-bond donors (Lipinski definition) is 3. The molecule has 2 amide bonds. The maximum absolute atomic E-state index is 13.4. The van der Waals surface area contributed by atoms with Gasteiger partial charge in [-0.05, 0) is 83.8 Å². The number of fused-ring (bicyclic) bond motifs is 1. The summed E-state index contributed by atoms with van der Waals surface area (Å²) in [6.45, 7) is 8.03. The van der Waals surface area contributed by atoms with Gasteiger partial charge in [0.2, 0.25) is 12.7 Å². The van der Waals surface area contributed by atoms with E-state index in [0.29, 0.717) is 17.1 Å². The maximum atomic E-state index is 13.4. The third kappa shape index (κ3) is 4.98. The Labute approximate surface area is 224 Å². The smallest absolute Gasteiger partial charge is 0.251 e. The van der Waals surface area contributed by atoms with Crippen molar-refractivity contribution in [1.82, 2.24) is 5.32 Å². The van der Waals surface area contributed by atoms with Gasteiger partial charge in [0.1, 0.15) is 0 Å². The number of aliphatic hydroxyl groups is 1. The topological polar surface area (TPSA) is 96.9 Å². The van der Waals surface area contributed by atoms with Gasteiger partial charge < -0.3 is 25.2 Å². The van der Waals surface area contributed by atoms with Crippen molar-refractivity contribution in [2.75, 3.05) is 18.7 Å². The third-order valence-corrected chi connectivity index (χ3v) is 7.60. The Morgan fingerprint density at radius 2 is 1.71 bits per heavy atom. The molecule has 0 aromatic heterocycles. The Morgan fingerprint density at radius 3 is 2.37 bits per heavy atom. The van der Waals surface area contributed by atoms with Crippen molar-refractivity contribution in [3.05, 3.63) is 77.4 Å². The molecule has 3 aromatic carbocycles. The average molecular weight is 517 g/mol. The number of carbonyl (C=O) groups is 2. The highest BCUT2D eigenvalue weighted by molar-refractivity contribution is 6.02. The van der Waals surface area contributed by atoms with Crippen molar-refractivity contribution >= 4 is 17.5 Å². The lowest BCUT2D eigenvalue weighted by Gasteiger charge is -2.29. The molecule has 7 nitrogen and oxygen atoms in total. The number of nitrogens with one attached hydrogen (secondary N) is 2. The zero-order valence-electron chi connectivity index (χ0n) is 22.3. The van der Waals surface area contributed by atoms with E-state index < -0.39 is 5.41 Å². The molecule has 200 valence electrons. The van der Waals surface area contributed by atoms with Crippen LogP contribution in [0.5, 0.6) is 11.5 Å². The molecule has 1 aliphatic heterocycles. The first kappa shape index (κ1) is 25.8. The van der Waals surface area contributed by atoms with Gasteiger partial charge in [-0.25, -0.2) is 0 Å². The van der Waals surface area contributed by atoms with E-state index in [1.165, 1.54) is 0 Å². The Hall–Kier alpha value is -3.84. The molecule has 1 heterocycles. The van der Waals surface area contributed by atoms with E-state index >= 15 is 0 Å². The number of carbonyl (C=O) groups excluding carboxylic acids is 2. The standard InChI is InChI=1S/C31H34N2O5.H2/c1-19-5-11-23(32-29(36)31(13-14-31)22-10-12-25-26(15-22)38-18-37-25)16-24(19)20-6-8-21(9-7-20)28(35)33-27(17-34)30(2,3)4;/h5-12,15-16,27,34H,13-14,17-18H2,1-4H3,(H,32,36)(H,33,35);1H/t27-;/m1./s1. The molecular formula is C31H36N2O5. The van der Waals surface area contributed by atoms with Gasteiger partial charge in [0, 0.05) is 12.7 Å². The van der Waals surface area contributed by atoms with E-state index in [2.05, 4.69) is 10.6 Å². The van der Waals surface area contributed by atoms with Crippen molar-refractivity contribution in [2.45, 2.75) is 52.0 Å². The second-order valence-corrected chi connectivity index (χ2v) is 11.3. The van der Waals surface area contributed by atoms with E-state index in [9.17, 15) is 14.7 Å². The number of amides is 2. The third-order valence-electron chi connectivity index (χ3n) is 7.60. The first-order chi connectivity index (χ1) is 18.1. The van der Waals surface area contributed by atoms with Gasteiger partial charge in [-0.3, -0.25) is 9.59 Å². The van der Waals surface area contributed by atoms with Crippen LogP contribution in [-0.2, 0) is 10.2 Å². The molecule has 38 heavy (non-hydrogen) atoms. The summed E-state index contributed by atoms with van der Waals surface area (Å²) in [7, 11) is 0. The molecule has 1 saturated carbocycles. The van der Waals surface area contributed by atoms with Gasteiger partial charge in [-0.15, -0.1) is 0 Å². The molecule has 0 spiro atoms. The van der Waals surface area contributed by atoms with Crippen LogP contribution in [0.3, 0.4) is 0 Å². The Bertz CT molecular complexity index is 1380. The molecule has 0 radical (unpaired) electrons. The highest BCUT2D eigenvalue weighted by atomic mass is 16.7. The van der Waals surface area contributed by atoms with Crippen LogP contribution in [0.25, 0.3) is 11.1 Å². The predicted octanol–water partition coefficient (Wildman–Crippen LogP) is 5.44. The fourth-order valence-electron chi connectivity index (χ4n) is 4.81. The van der Waals surface area contributed by atoms with Crippen LogP contribution < -0.4 is 20.1 Å². The van der Waals surface area contributed by atoms with Crippen molar-refractivity contribution in [3.8, 4) is 22.6 Å². The highest BCUT2D eigenvalue weighted by Gasteiger charge is 2.51. The number of hydrogen-bond acceptors (Lipinski definition) is 5. The van der Waals surface area contributed by atoms with E-state index in [-0.39, 0.29) is 38.1 Å². The quantitative estimate of drug-likeness (QED) is 0.388. The van der Waals surface area contributed by atoms with Gasteiger partial charge in [0.05, 0.1) is 18.1 Å². The number of aliphatic hydroxyl groups excluding tert-OH is 1. The van der Waals surface area contributed by atoms with Gasteiger partial charge in [-0.2, -0.15) is 0 Å². The zero-order valence-corrected chi connectivity index (χ0v) is 22.3. The minimum absolute atomic E-state index is 0. The first-order valence-corrected chi connectivity index (χ1v) is 13.0. The van der Waals surface area contributed by atoms with E-state index in [4.69, 9.17) is 9.47 Å². The lowest BCUT2D eigenvalue weighted by atomic mass is 9.87. The molecule has 0 bridgehead atoms. The van der Waals surface area contributed by atoms with Crippen LogP contribution in [0.2, 0.25) is 0 Å². The van der Waals surface area contributed by atoms with Gasteiger partial charge in [0.15, 0.2) is 11.5 Å². The molecule has 5 rings (SSSR count). The number of benzene rings is 3. The van der Waals surface area contributed by atoms with Crippen LogP contribution in [0.1, 0.15) is 56.5 Å². The lowest BCUT2D eigenvalue weighted by Crippen LogP contribution is -2.46. The van der Waals surface area contributed by atoms with Crippen molar-refractivity contribution in [2.24, 2.45) is 5.41 Å². The van der Waals surface area contributed by atoms with E-state index in [0.717, 1.165) is 40.8 Å². The Morgan fingerprint density at radius 1 is 1.00 bits per heavy atom. The highest BCUT2D eigenvalue weighted by Crippen LogP contribution is 2.51. The molecule has 3 aromatic rings. The Balaban J connectivity index is 0.00000353. The minimum atomic E-state index is -0.555. The summed E-state index contributed by atoms with van der Waals surface area (Å²) in [6.07, 6.45) is 1.57. The molecule has 1 aliphatic carbocycles. The predicted molar refractivity (Wildman–Crippen MR) is 149 cm³/mol. The largest absolute Gasteiger partial charge is 0.454 e. The van der Waals surface area contributed by atoms with Crippen molar-refractivity contribution in [3.63, 3.8) is 0 Å². The first-order valence-electron chi connectivity index (χ1n) is 13.0. The molecule has 0 unspecified atom stereocenters. The van der Waals surface area contributed by atoms with Crippen molar-refractivity contribution in [1.29, 1.82) is 0 Å². The summed E-state index contributed by atoms with van der Waals surface area (Å²) in [6, 6.07) is 18.6. The fraction of sp³-hybridized carbons (Fsp3) is 0.355. The van der Waals surface area contributed by atoms with Crippen LogP contribution in [-0.4, -0.2) is 36.4 Å². The van der Waals surface area contributed by atoms with Crippen LogP contribution in [0, 0.1) is 12.3 Å². The normalized spacial score (nSPS) is 16.0. The molecule has 1 fully saturated rings. The number of ether oxygens (including phenoxy) is 2. The summed E-state index contributed by atoms with van der Waals surface area (Å²) in [5.74, 6) is 1.14. The number of rotatable bonds is 7. The zero-order chi connectivity index (χ0) is 27.1. The Kier molecular flexibility index (Phi) is 6.65. The molecule has 7 heteroatoms. The van der Waals surface area contributed by atoms with E-state index in [1.54, 1.807) is 12.1 Å². The molecule has 1 atom stereocenters. The summed E-state index contributed by atoms with van der Waals surface area (Å²) in [5, 5.41) is 15.7.